The summed E-state index contributed by atoms with van der Waals surface area (Å²) in [5.74, 6) is -0.628. The first kappa shape index (κ1) is 16.0. The Morgan fingerprint density at radius 3 is 2.35 bits per heavy atom. The van der Waals surface area contributed by atoms with Gasteiger partial charge in [-0.2, -0.15) is 0 Å². The number of Topliss-reactive ketones (excluding diaryl/α,β-unsaturated/α-hetero) is 1. The highest BCUT2D eigenvalue weighted by atomic mass is 16.5. The average molecular weight is 247 g/mol. The van der Waals surface area contributed by atoms with Gasteiger partial charge in [-0.05, 0) is 13.3 Å². The number of hydrogen-bond acceptors (Lipinski definition) is 5. The molecule has 0 aromatic carbocycles. The molecule has 0 radical (unpaired) electrons. The molecule has 0 aliphatic rings. The van der Waals surface area contributed by atoms with Gasteiger partial charge >= 0.3 is 0 Å². The first-order valence-electron chi connectivity index (χ1n) is 5.70. The molecular weight excluding hydrogens is 226 g/mol. The maximum Gasteiger partial charge on any atom is 0.243 e. The Morgan fingerprint density at radius 1 is 1.00 bits per heavy atom. The van der Waals surface area contributed by atoms with Gasteiger partial charge in [0.15, 0.2) is 5.78 Å². The molecule has 0 rings (SSSR count). The van der Waals surface area contributed by atoms with E-state index in [-0.39, 0.29) is 19.0 Å². The minimum Gasteiger partial charge on any atom is -0.379 e. The van der Waals surface area contributed by atoms with Crippen LogP contribution < -0.4 is 5.73 Å². The van der Waals surface area contributed by atoms with Gasteiger partial charge in [0.1, 0.15) is 13.2 Å². The van der Waals surface area contributed by atoms with E-state index in [4.69, 9.17) is 19.9 Å². The highest BCUT2D eigenvalue weighted by molar-refractivity contribution is 5.80. The summed E-state index contributed by atoms with van der Waals surface area (Å²) in [6.45, 7) is 3.96. The number of amides is 1. The van der Waals surface area contributed by atoms with Crippen LogP contribution >= 0.6 is 0 Å². The Kier molecular flexibility index (Phi) is 10.8. The minimum absolute atomic E-state index is 0.0559. The van der Waals surface area contributed by atoms with Crippen LogP contribution in [0.2, 0.25) is 0 Å². The lowest BCUT2D eigenvalue weighted by Crippen LogP contribution is -2.21. The lowest BCUT2D eigenvalue weighted by Gasteiger charge is -2.04. The highest BCUT2D eigenvalue weighted by Crippen LogP contribution is 1.93. The summed E-state index contributed by atoms with van der Waals surface area (Å²) in [6, 6.07) is 0. The smallest absolute Gasteiger partial charge is 0.243 e. The van der Waals surface area contributed by atoms with E-state index in [1.165, 1.54) is 0 Å². The number of nitrogens with two attached hydrogens (primary N) is 1. The average Bonchev–Trinajstić information content (AvgIpc) is 2.27. The van der Waals surface area contributed by atoms with Gasteiger partial charge in [-0.3, -0.25) is 9.59 Å². The minimum atomic E-state index is -0.572. The van der Waals surface area contributed by atoms with Crippen LogP contribution in [0.5, 0.6) is 0 Å². The number of carbonyl (C=O) groups is 2. The molecule has 6 nitrogen and oxygen atoms in total. The topological polar surface area (TPSA) is 87.8 Å². The second kappa shape index (κ2) is 11.5. The van der Waals surface area contributed by atoms with Crippen molar-refractivity contribution < 1.29 is 23.8 Å². The Balaban J connectivity index is 3.19. The number of hydrogen-bond donors (Lipinski definition) is 1. The first-order valence-corrected chi connectivity index (χ1v) is 5.70. The molecule has 0 aliphatic heterocycles. The molecule has 0 unspecified atom stereocenters. The number of carbonyl (C=O) groups excluding carboxylic acids is 2. The van der Waals surface area contributed by atoms with Crippen molar-refractivity contribution in [1.82, 2.24) is 0 Å². The second-order valence-electron chi connectivity index (χ2n) is 3.41. The molecule has 0 aromatic rings. The number of primary amides is 1. The van der Waals surface area contributed by atoms with E-state index in [1.54, 1.807) is 0 Å². The van der Waals surface area contributed by atoms with Crippen LogP contribution in [0.25, 0.3) is 0 Å². The lowest BCUT2D eigenvalue weighted by molar-refractivity contribution is -0.128. The molecule has 0 saturated carbocycles. The Morgan fingerprint density at radius 2 is 1.71 bits per heavy atom. The summed E-state index contributed by atoms with van der Waals surface area (Å²) in [7, 11) is 0. The van der Waals surface area contributed by atoms with Crippen molar-refractivity contribution in [2.24, 2.45) is 5.73 Å². The first-order chi connectivity index (χ1) is 8.16. The molecule has 1 amide bonds. The summed E-state index contributed by atoms with van der Waals surface area (Å²) in [5.41, 5.74) is 4.85. The van der Waals surface area contributed by atoms with Crippen molar-refractivity contribution in [1.29, 1.82) is 0 Å². The summed E-state index contributed by atoms with van der Waals surface area (Å²) < 4.78 is 15.1. The van der Waals surface area contributed by atoms with Crippen LogP contribution in [0.3, 0.4) is 0 Å². The molecule has 0 aliphatic carbocycles. The van der Waals surface area contributed by atoms with Gasteiger partial charge in [-0.15, -0.1) is 0 Å². The van der Waals surface area contributed by atoms with E-state index < -0.39 is 5.91 Å². The Bertz CT molecular complexity index is 220. The summed E-state index contributed by atoms with van der Waals surface area (Å²) in [5, 5.41) is 0. The van der Waals surface area contributed by atoms with Crippen LogP contribution in [-0.4, -0.2) is 51.3 Å². The van der Waals surface area contributed by atoms with Crippen LogP contribution in [0.15, 0.2) is 0 Å². The zero-order valence-electron chi connectivity index (χ0n) is 10.3. The van der Waals surface area contributed by atoms with Gasteiger partial charge in [-0.1, -0.05) is 0 Å². The molecule has 0 aromatic heterocycles. The molecule has 100 valence electrons. The molecule has 17 heavy (non-hydrogen) atoms. The maximum atomic E-state index is 11.2. The van der Waals surface area contributed by atoms with Crippen LogP contribution in [0, 0.1) is 0 Å². The standard InChI is InChI=1S/C11H21NO5/c1-2-15-6-7-16-5-3-4-10(13)8-17-9-11(12)14/h2-9H2,1H3,(H2,12,14). The second-order valence-corrected chi connectivity index (χ2v) is 3.41. The van der Waals surface area contributed by atoms with Crippen molar-refractivity contribution in [2.45, 2.75) is 19.8 Å². The Hall–Kier alpha value is -0.980. The van der Waals surface area contributed by atoms with Crippen molar-refractivity contribution in [3.05, 3.63) is 0 Å². The molecule has 2 N–H and O–H groups in total. The molecular formula is C11H21NO5. The fourth-order valence-electron chi connectivity index (χ4n) is 1.07. The van der Waals surface area contributed by atoms with E-state index in [9.17, 15) is 9.59 Å². The van der Waals surface area contributed by atoms with Gasteiger partial charge in [0.05, 0.1) is 13.2 Å². The monoisotopic (exact) mass is 247 g/mol. The Labute approximate surface area is 101 Å². The molecule has 0 saturated heterocycles. The van der Waals surface area contributed by atoms with E-state index in [1.807, 2.05) is 6.92 Å². The molecule has 0 spiro atoms. The molecule has 0 heterocycles. The molecule has 0 bridgehead atoms. The van der Waals surface area contributed by atoms with Crippen LogP contribution in [-0.2, 0) is 23.8 Å². The van der Waals surface area contributed by atoms with E-state index in [2.05, 4.69) is 0 Å². The fourth-order valence-corrected chi connectivity index (χ4v) is 1.07. The lowest BCUT2D eigenvalue weighted by atomic mass is 10.2. The number of ether oxygens (including phenoxy) is 3. The summed E-state index contributed by atoms with van der Waals surface area (Å²) in [6.07, 6.45) is 1.03. The van der Waals surface area contributed by atoms with E-state index >= 15 is 0 Å². The third kappa shape index (κ3) is 13.0. The zero-order valence-corrected chi connectivity index (χ0v) is 10.3. The van der Waals surface area contributed by atoms with Gasteiger partial charge in [-0.25, -0.2) is 0 Å². The maximum absolute atomic E-state index is 11.2. The van der Waals surface area contributed by atoms with Gasteiger partial charge in [0.25, 0.3) is 0 Å². The molecule has 0 fully saturated rings. The molecule has 6 heteroatoms. The summed E-state index contributed by atoms with van der Waals surface area (Å²) >= 11 is 0. The van der Waals surface area contributed by atoms with Crippen molar-refractivity contribution in [3.8, 4) is 0 Å². The normalized spacial score (nSPS) is 10.4. The third-order valence-electron chi connectivity index (χ3n) is 1.83. The predicted octanol–water partition coefficient (Wildman–Crippen LogP) is -0.109. The van der Waals surface area contributed by atoms with E-state index in [0.717, 1.165) is 0 Å². The van der Waals surface area contributed by atoms with Crippen molar-refractivity contribution in [3.63, 3.8) is 0 Å². The fraction of sp³-hybridized carbons (Fsp3) is 0.818. The SMILES string of the molecule is CCOCCOCCCC(=O)COCC(N)=O. The van der Waals surface area contributed by atoms with Gasteiger partial charge < -0.3 is 19.9 Å². The van der Waals surface area contributed by atoms with Crippen molar-refractivity contribution >= 4 is 11.7 Å². The zero-order chi connectivity index (χ0) is 12.9. The third-order valence-corrected chi connectivity index (χ3v) is 1.83. The number of rotatable bonds is 12. The van der Waals surface area contributed by atoms with Crippen LogP contribution in [0.1, 0.15) is 19.8 Å². The molecule has 0 atom stereocenters. The van der Waals surface area contributed by atoms with Gasteiger partial charge in [0.2, 0.25) is 5.91 Å². The predicted molar refractivity (Wildman–Crippen MR) is 61.6 cm³/mol. The van der Waals surface area contributed by atoms with Crippen molar-refractivity contribution in [2.75, 3.05) is 39.6 Å². The number of ketones is 1. The van der Waals surface area contributed by atoms with Gasteiger partial charge in [0, 0.05) is 19.6 Å². The summed E-state index contributed by atoms with van der Waals surface area (Å²) in [4.78, 5) is 21.5. The van der Waals surface area contributed by atoms with E-state index in [0.29, 0.717) is 39.3 Å². The largest absolute Gasteiger partial charge is 0.379 e. The highest BCUT2D eigenvalue weighted by Gasteiger charge is 2.03. The quantitative estimate of drug-likeness (QED) is 0.486. The van der Waals surface area contributed by atoms with Crippen LogP contribution in [0.4, 0.5) is 0 Å².